The zero-order chi connectivity index (χ0) is 27.9. The van der Waals surface area contributed by atoms with Gasteiger partial charge in [0.25, 0.3) is 0 Å². The number of nitrogens with zero attached hydrogens (tertiary/aromatic N) is 2. The highest BCUT2D eigenvalue weighted by Gasteiger charge is 2.14. The molecule has 5 aromatic rings. The maximum Gasteiger partial charge on any atom is 0.144 e. The van der Waals surface area contributed by atoms with Gasteiger partial charge in [0.2, 0.25) is 0 Å². The Labute approximate surface area is 237 Å². The molecule has 0 atom stereocenters. The molecule has 0 bridgehead atoms. The van der Waals surface area contributed by atoms with Crippen LogP contribution in [0.3, 0.4) is 0 Å². The molecule has 0 saturated carbocycles. The summed E-state index contributed by atoms with van der Waals surface area (Å²) in [6.07, 6.45) is 1.52. The van der Waals surface area contributed by atoms with Crippen LogP contribution in [-0.4, -0.2) is 11.6 Å². The molecular weight excluding hydrogens is 524 g/mol. The third-order valence-electron chi connectivity index (χ3n) is 6.19. The largest absolute Gasteiger partial charge is 0.492 e. The number of nitrogens with one attached hydrogen (secondary N) is 1. The summed E-state index contributed by atoms with van der Waals surface area (Å²) in [5.74, 6) is 1.89. The van der Waals surface area contributed by atoms with Gasteiger partial charge >= 0.3 is 0 Å². The average Bonchev–Trinajstić information content (AvgIpc) is 2.98. The zero-order valence-corrected chi connectivity index (χ0v) is 22.6. The van der Waals surface area contributed by atoms with Gasteiger partial charge in [0.15, 0.2) is 0 Å². The Morgan fingerprint density at radius 1 is 0.875 bits per heavy atom. The molecule has 0 aliphatic carbocycles. The summed E-state index contributed by atoms with van der Waals surface area (Å²) in [6, 6.07) is 28.9. The van der Waals surface area contributed by atoms with Gasteiger partial charge in [0, 0.05) is 23.3 Å². The van der Waals surface area contributed by atoms with E-state index in [0.717, 1.165) is 16.9 Å². The number of nitrogen functional groups attached to an aromatic ring is 1. The Morgan fingerprint density at radius 2 is 1.62 bits per heavy atom. The lowest BCUT2D eigenvalue weighted by molar-refractivity contribution is 0.301. The second kappa shape index (κ2) is 12.3. The van der Waals surface area contributed by atoms with Gasteiger partial charge in [-0.15, -0.1) is 0 Å². The van der Waals surface area contributed by atoms with Crippen molar-refractivity contribution in [3.63, 3.8) is 0 Å². The van der Waals surface area contributed by atoms with Gasteiger partial charge < -0.3 is 25.3 Å². The number of hydrogen-bond donors (Lipinski definition) is 2. The molecule has 0 spiro atoms. The number of hydrogen-bond acceptors (Lipinski definition) is 7. The molecule has 0 fully saturated rings. The predicted octanol–water partition coefficient (Wildman–Crippen LogP) is 7.64. The number of benzene rings is 4. The van der Waals surface area contributed by atoms with Crippen LogP contribution in [0.4, 0.5) is 17.1 Å². The van der Waals surface area contributed by atoms with Crippen LogP contribution < -0.4 is 25.3 Å². The maximum atomic E-state index is 9.70. The van der Waals surface area contributed by atoms with Gasteiger partial charge in [-0.3, -0.25) is 4.98 Å². The first-order valence-electron chi connectivity index (χ1n) is 12.7. The van der Waals surface area contributed by atoms with Crippen LogP contribution in [0.1, 0.15) is 23.6 Å². The summed E-state index contributed by atoms with van der Waals surface area (Å²) < 4.78 is 17.4. The van der Waals surface area contributed by atoms with Crippen molar-refractivity contribution >= 4 is 39.6 Å². The van der Waals surface area contributed by atoms with Gasteiger partial charge in [-0.1, -0.05) is 54.1 Å². The van der Waals surface area contributed by atoms with Gasteiger partial charge in [0.1, 0.15) is 36.5 Å². The lowest BCUT2D eigenvalue weighted by Crippen LogP contribution is -2.01. The van der Waals surface area contributed by atoms with E-state index in [0.29, 0.717) is 69.9 Å². The van der Waals surface area contributed by atoms with Crippen LogP contribution in [0, 0.1) is 11.3 Å². The molecule has 8 heteroatoms. The number of halogens is 1. The first kappa shape index (κ1) is 26.7. The van der Waals surface area contributed by atoms with E-state index in [4.69, 9.17) is 31.5 Å². The number of nitrogens with two attached hydrogens (primary N) is 1. The van der Waals surface area contributed by atoms with E-state index in [9.17, 15) is 5.26 Å². The lowest BCUT2D eigenvalue weighted by atomic mass is 10.1. The van der Waals surface area contributed by atoms with E-state index in [1.807, 2.05) is 67.6 Å². The summed E-state index contributed by atoms with van der Waals surface area (Å²) in [5.41, 5.74) is 11.1. The molecule has 5 rings (SSSR count). The summed E-state index contributed by atoms with van der Waals surface area (Å²) in [7, 11) is 0. The Hall–Kier alpha value is -4.93. The molecular formula is C32H27ClN4O3. The maximum absolute atomic E-state index is 9.70. The minimum absolute atomic E-state index is 0.348. The van der Waals surface area contributed by atoms with Crippen molar-refractivity contribution in [1.29, 1.82) is 5.26 Å². The molecule has 0 aliphatic heterocycles. The van der Waals surface area contributed by atoms with E-state index in [1.165, 1.54) is 6.20 Å². The van der Waals surface area contributed by atoms with Crippen LogP contribution in [0.2, 0.25) is 5.02 Å². The third-order valence-corrected chi connectivity index (χ3v) is 6.48. The molecule has 0 radical (unpaired) electrons. The number of anilines is 3. The summed E-state index contributed by atoms with van der Waals surface area (Å²) in [4.78, 5) is 4.40. The zero-order valence-electron chi connectivity index (χ0n) is 21.9. The van der Waals surface area contributed by atoms with E-state index < -0.39 is 0 Å². The monoisotopic (exact) mass is 550 g/mol. The Bertz CT molecular complexity index is 1670. The fourth-order valence-corrected chi connectivity index (χ4v) is 4.40. The van der Waals surface area contributed by atoms with E-state index >= 15 is 0 Å². The predicted molar refractivity (Wildman–Crippen MR) is 158 cm³/mol. The Balaban J connectivity index is 1.26. The third kappa shape index (κ3) is 6.20. The van der Waals surface area contributed by atoms with Crippen LogP contribution in [0.5, 0.6) is 17.2 Å². The SMILES string of the molecule is CCOc1cc2ncc(C#N)c(Nc3ccc(OCc4ccc(OCc5ccccc5)cc4)c(Cl)c3)c2cc1N. The standard InChI is InChI=1S/C32H27ClN4O3/c1-2-38-31-16-29-26(15-28(31)35)32(23(17-34)18-36-29)37-24-10-13-30(27(33)14-24)40-20-22-8-11-25(12-9-22)39-19-21-6-4-3-5-7-21/h3-16,18H,2,19-20,35H2,1H3,(H,36,37). The quantitative estimate of drug-likeness (QED) is 0.172. The molecule has 0 unspecified atom stereocenters. The highest BCUT2D eigenvalue weighted by atomic mass is 35.5. The first-order chi connectivity index (χ1) is 19.5. The fourth-order valence-electron chi connectivity index (χ4n) is 4.16. The molecule has 7 nitrogen and oxygen atoms in total. The normalized spacial score (nSPS) is 10.6. The van der Waals surface area contributed by atoms with E-state index in [2.05, 4.69) is 16.4 Å². The Kier molecular flexibility index (Phi) is 8.19. The highest BCUT2D eigenvalue weighted by molar-refractivity contribution is 6.32. The van der Waals surface area contributed by atoms with Crippen LogP contribution >= 0.6 is 11.6 Å². The smallest absolute Gasteiger partial charge is 0.144 e. The van der Waals surface area contributed by atoms with E-state index in [-0.39, 0.29) is 0 Å². The number of aromatic nitrogens is 1. The minimum atomic E-state index is 0.348. The van der Waals surface area contributed by atoms with Gasteiger partial charge in [0.05, 0.1) is 34.1 Å². The minimum Gasteiger partial charge on any atom is -0.492 e. The van der Waals surface area contributed by atoms with Crippen molar-refractivity contribution in [1.82, 2.24) is 4.98 Å². The van der Waals surface area contributed by atoms with Crippen molar-refractivity contribution in [3.05, 3.63) is 113 Å². The topological polar surface area (TPSA) is 102 Å². The molecule has 0 aliphatic rings. The molecule has 40 heavy (non-hydrogen) atoms. The molecule has 1 aromatic heterocycles. The van der Waals surface area contributed by atoms with Crippen molar-refractivity contribution in [2.45, 2.75) is 20.1 Å². The van der Waals surface area contributed by atoms with Crippen LogP contribution in [0.25, 0.3) is 10.9 Å². The Morgan fingerprint density at radius 3 is 2.35 bits per heavy atom. The number of ether oxygens (including phenoxy) is 3. The van der Waals surface area contributed by atoms with Gasteiger partial charge in [-0.2, -0.15) is 5.26 Å². The van der Waals surface area contributed by atoms with Crippen molar-refractivity contribution in [3.8, 4) is 23.3 Å². The van der Waals surface area contributed by atoms with Crippen molar-refractivity contribution in [2.75, 3.05) is 17.7 Å². The molecule has 4 aromatic carbocycles. The second-order valence-corrected chi connectivity index (χ2v) is 9.38. The lowest BCUT2D eigenvalue weighted by Gasteiger charge is -2.15. The molecule has 1 heterocycles. The average molecular weight is 551 g/mol. The molecule has 3 N–H and O–H groups in total. The van der Waals surface area contributed by atoms with Crippen molar-refractivity contribution in [2.24, 2.45) is 0 Å². The number of fused-ring (bicyclic) bond motifs is 1. The van der Waals surface area contributed by atoms with Crippen LogP contribution in [-0.2, 0) is 13.2 Å². The van der Waals surface area contributed by atoms with E-state index in [1.54, 1.807) is 24.3 Å². The van der Waals surface area contributed by atoms with Crippen LogP contribution in [0.15, 0.2) is 91.1 Å². The summed E-state index contributed by atoms with van der Waals surface area (Å²) in [5, 5.41) is 14.1. The number of nitriles is 1. The summed E-state index contributed by atoms with van der Waals surface area (Å²) in [6.45, 7) is 3.23. The number of pyridine rings is 1. The molecule has 0 saturated heterocycles. The summed E-state index contributed by atoms with van der Waals surface area (Å²) >= 11 is 6.56. The number of rotatable bonds is 10. The van der Waals surface area contributed by atoms with Crippen molar-refractivity contribution < 1.29 is 14.2 Å². The highest BCUT2D eigenvalue weighted by Crippen LogP contribution is 2.36. The molecule has 0 amide bonds. The fraction of sp³-hybridized carbons (Fsp3) is 0.125. The second-order valence-electron chi connectivity index (χ2n) is 8.98. The van der Waals surface area contributed by atoms with Gasteiger partial charge in [-0.25, -0.2) is 0 Å². The van der Waals surface area contributed by atoms with Gasteiger partial charge in [-0.05, 0) is 54.4 Å². The first-order valence-corrected chi connectivity index (χ1v) is 13.1. The molecule has 200 valence electrons.